The van der Waals surface area contributed by atoms with Crippen LogP contribution >= 0.6 is 0 Å². The minimum Gasteiger partial charge on any atom is -0.496 e. The number of nitrogens with one attached hydrogen (secondary N) is 1. The first kappa shape index (κ1) is 22.5. The molecule has 2 amide bonds. The largest absolute Gasteiger partial charge is 0.496 e. The summed E-state index contributed by atoms with van der Waals surface area (Å²) in [6.45, 7) is 1.99. The lowest BCUT2D eigenvalue weighted by atomic mass is 9.99. The molecular formula is C22H27FN4O4. The lowest BCUT2D eigenvalue weighted by Crippen LogP contribution is -2.54. The van der Waals surface area contributed by atoms with Crippen molar-refractivity contribution in [1.82, 2.24) is 10.2 Å². The first-order chi connectivity index (χ1) is 14.8. The van der Waals surface area contributed by atoms with Gasteiger partial charge in [0.05, 0.1) is 30.4 Å². The van der Waals surface area contributed by atoms with Gasteiger partial charge in [0.15, 0.2) is 0 Å². The molecule has 0 spiro atoms. The Kier molecular flexibility index (Phi) is 7.09. The summed E-state index contributed by atoms with van der Waals surface area (Å²) in [5, 5.41) is 2.98. The van der Waals surface area contributed by atoms with Crippen molar-refractivity contribution in [2.24, 2.45) is 5.73 Å². The van der Waals surface area contributed by atoms with Crippen LogP contribution < -0.4 is 21.5 Å². The van der Waals surface area contributed by atoms with Gasteiger partial charge in [-0.15, -0.1) is 0 Å². The SMILES string of the molecule is COc1cc(N)c(C(N)=O)cc1C(=O)N[C@H]1CCN(Cc2ccc(F)cc2)C[C@H]1OC. The third-order valence-corrected chi connectivity index (χ3v) is 5.46. The quantitative estimate of drug-likeness (QED) is 0.573. The zero-order chi connectivity index (χ0) is 22.5. The van der Waals surface area contributed by atoms with Gasteiger partial charge in [0.25, 0.3) is 11.8 Å². The molecular weight excluding hydrogens is 403 g/mol. The number of benzene rings is 2. The third kappa shape index (κ3) is 5.31. The Morgan fingerprint density at radius 1 is 1.19 bits per heavy atom. The van der Waals surface area contributed by atoms with Crippen molar-refractivity contribution in [1.29, 1.82) is 0 Å². The molecule has 1 fully saturated rings. The summed E-state index contributed by atoms with van der Waals surface area (Å²) in [5.41, 5.74) is 12.6. The summed E-state index contributed by atoms with van der Waals surface area (Å²) < 4.78 is 24.0. The van der Waals surface area contributed by atoms with E-state index in [1.807, 2.05) is 0 Å². The van der Waals surface area contributed by atoms with Gasteiger partial charge in [-0.1, -0.05) is 12.1 Å². The molecule has 31 heavy (non-hydrogen) atoms. The Hall–Kier alpha value is -3.17. The summed E-state index contributed by atoms with van der Waals surface area (Å²) in [5.74, 6) is -1.14. The highest BCUT2D eigenvalue weighted by Gasteiger charge is 2.31. The van der Waals surface area contributed by atoms with Gasteiger partial charge < -0.3 is 26.3 Å². The second-order valence-corrected chi connectivity index (χ2v) is 7.51. The molecule has 1 aliphatic heterocycles. The van der Waals surface area contributed by atoms with Crippen molar-refractivity contribution >= 4 is 17.5 Å². The Morgan fingerprint density at radius 2 is 1.90 bits per heavy atom. The maximum Gasteiger partial charge on any atom is 0.255 e. The Bertz CT molecular complexity index is 951. The summed E-state index contributed by atoms with van der Waals surface area (Å²) in [4.78, 5) is 26.8. The molecule has 2 aromatic rings. The average Bonchev–Trinajstić information content (AvgIpc) is 2.75. The van der Waals surface area contributed by atoms with Crippen molar-refractivity contribution < 1.29 is 23.5 Å². The number of carbonyl (C=O) groups excluding carboxylic acids is 2. The molecule has 8 nitrogen and oxygen atoms in total. The topological polar surface area (TPSA) is 120 Å². The number of ether oxygens (including phenoxy) is 2. The normalized spacial score (nSPS) is 19.1. The number of hydrogen-bond acceptors (Lipinski definition) is 6. The van der Waals surface area contributed by atoms with Crippen LogP contribution in [-0.4, -0.2) is 56.2 Å². The highest BCUT2D eigenvalue weighted by Crippen LogP contribution is 2.26. The van der Waals surface area contributed by atoms with Gasteiger partial charge in [0, 0.05) is 38.5 Å². The second kappa shape index (κ2) is 9.76. The van der Waals surface area contributed by atoms with Crippen LogP contribution in [0.1, 0.15) is 32.7 Å². The minimum absolute atomic E-state index is 0.0587. The lowest BCUT2D eigenvalue weighted by molar-refractivity contribution is 0.00387. The number of halogens is 1. The van der Waals surface area contributed by atoms with E-state index in [2.05, 4.69) is 10.2 Å². The molecule has 0 aromatic heterocycles. The van der Waals surface area contributed by atoms with Crippen LogP contribution in [0, 0.1) is 5.82 Å². The van der Waals surface area contributed by atoms with E-state index in [0.717, 1.165) is 12.1 Å². The molecule has 1 saturated heterocycles. The van der Waals surface area contributed by atoms with E-state index in [1.54, 1.807) is 19.2 Å². The van der Waals surface area contributed by atoms with E-state index >= 15 is 0 Å². The van der Waals surface area contributed by atoms with Gasteiger partial charge in [-0.2, -0.15) is 0 Å². The van der Waals surface area contributed by atoms with Crippen molar-refractivity contribution in [3.63, 3.8) is 0 Å². The molecule has 2 atom stereocenters. The van der Waals surface area contributed by atoms with Gasteiger partial charge in [-0.3, -0.25) is 14.5 Å². The average molecular weight is 430 g/mol. The van der Waals surface area contributed by atoms with E-state index < -0.39 is 11.8 Å². The zero-order valence-corrected chi connectivity index (χ0v) is 17.6. The molecule has 0 radical (unpaired) electrons. The molecule has 9 heteroatoms. The number of likely N-dealkylation sites (tertiary alicyclic amines) is 1. The molecule has 0 saturated carbocycles. The van der Waals surface area contributed by atoms with E-state index in [9.17, 15) is 14.0 Å². The number of carbonyl (C=O) groups is 2. The van der Waals surface area contributed by atoms with E-state index in [-0.39, 0.29) is 40.5 Å². The second-order valence-electron chi connectivity index (χ2n) is 7.51. The number of piperidine rings is 1. The predicted molar refractivity (Wildman–Crippen MR) is 114 cm³/mol. The first-order valence-corrected chi connectivity index (χ1v) is 9.90. The number of nitrogen functional groups attached to an aromatic ring is 1. The van der Waals surface area contributed by atoms with E-state index in [1.165, 1.54) is 31.4 Å². The van der Waals surface area contributed by atoms with Crippen LogP contribution in [0.4, 0.5) is 10.1 Å². The number of primary amides is 1. The molecule has 166 valence electrons. The van der Waals surface area contributed by atoms with Crippen molar-refractivity contribution in [2.45, 2.75) is 25.1 Å². The third-order valence-electron chi connectivity index (χ3n) is 5.46. The van der Waals surface area contributed by atoms with Gasteiger partial charge >= 0.3 is 0 Å². The van der Waals surface area contributed by atoms with Crippen molar-refractivity contribution in [3.05, 3.63) is 58.9 Å². The summed E-state index contributed by atoms with van der Waals surface area (Å²) in [6.07, 6.45) is 0.416. The van der Waals surface area contributed by atoms with Crippen LogP contribution in [0.25, 0.3) is 0 Å². The highest BCUT2D eigenvalue weighted by atomic mass is 19.1. The Labute approximate surface area is 180 Å². The summed E-state index contributed by atoms with van der Waals surface area (Å²) in [6, 6.07) is 8.92. The highest BCUT2D eigenvalue weighted by molar-refractivity contribution is 6.04. The number of methoxy groups -OCH3 is 2. The molecule has 1 heterocycles. The molecule has 1 aliphatic rings. The van der Waals surface area contributed by atoms with Gasteiger partial charge in [0.1, 0.15) is 11.6 Å². The molecule has 5 N–H and O–H groups in total. The number of amides is 2. The van der Waals surface area contributed by atoms with Crippen LogP contribution in [0.2, 0.25) is 0 Å². The van der Waals surface area contributed by atoms with Crippen LogP contribution in [-0.2, 0) is 11.3 Å². The number of hydrogen-bond donors (Lipinski definition) is 3. The molecule has 3 rings (SSSR count). The minimum atomic E-state index is -0.724. The van der Waals surface area contributed by atoms with Crippen molar-refractivity contribution in [3.8, 4) is 5.75 Å². The smallest absolute Gasteiger partial charge is 0.255 e. The van der Waals surface area contributed by atoms with Gasteiger partial charge in [0.2, 0.25) is 0 Å². The maximum atomic E-state index is 13.1. The summed E-state index contributed by atoms with van der Waals surface area (Å²) >= 11 is 0. The van der Waals surface area contributed by atoms with Gasteiger partial charge in [-0.05, 0) is 30.2 Å². The fourth-order valence-corrected chi connectivity index (χ4v) is 3.78. The standard InChI is InChI=1S/C22H27FN4O4/c1-30-19-10-17(24)15(21(25)28)9-16(19)22(29)26-18-7-8-27(12-20(18)31-2)11-13-3-5-14(23)6-4-13/h3-6,9-10,18,20H,7-8,11-12,24H2,1-2H3,(H2,25,28)(H,26,29)/t18-,20+/m0/s1. The number of nitrogens with two attached hydrogens (primary N) is 2. The fraction of sp³-hybridized carbons (Fsp3) is 0.364. The zero-order valence-electron chi connectivity index (χ0n) is 17.6. The van der Waals surface area contributed by atoms with Gasteiger partial charge in [-0.25, -0.2) is 4.39 Å². The number of anilines is 1. The predicted octanol–water partition coefficient (Wildman–Crippen LogP) is 1.53. The summed E-state index contributed by atoms with van der Waals surface area (Å²) in [7, 11) is 3.02. The lowest BCUT2D eigenvalue weighted by Gasteiger charge is -2.38. The number of rotatable bonds is 7. The molecule has 2 aromatic carbocycles. The first-order valence-electron chi connectivity index (χ1n) is 9.90. The molecule has 0 unspecified atom stereocenters. The van der Waals surface area contributed by atoms with Crippen LogP contribution in [0.3, 0.4) is 0 Å². The number of nitrogens with zero attached hydrogens (tertiary/aromatic N) is 1. The fourth-order valence-electron chi connectivity index (χ4n) is 3.78. The van der Waals surface area contributed by atoms with Crippen LogP contribution in [0.15, 0.2) is 36.4 Å². The maximum absolute atomic E-state index is 13.1. The molecule has 0 bridgehead atoms. The van der Waals surface area contributed by atoms with Crippen molar-refractivity contribution in [2.75, 3.05) is 33.0 Å². The molecule has 0 aliphatic carbocycles. The monoisotopic (exact) mass is 430 g/mol. The van der Waals surface area contributed by atoms with Crippen LogP contribution in [0.5, 0.6) is 5.75 Å². The van der Waals surface area contributed by atoms with E-state index in [4.69, 9.17) is 20.9 Å². The Balaban J connectivity index is 1.70. The van der Waals surface area contributed by atoms with E-state index in [0.29, 0.717) is 19.5 Å². The Morgan fingerprint density at radius 3 is 2.52 bits per heavy atom.